The highest BCUT2D eigenvalue weighted by Gasteiger charge is 2.20. The van der Waals surface area contributed by atoms with Gasteiger partial charge in [0, 0.05) is 6.54 Å². The normalized spacial score (nSPS) is 17.1. The van der Waals surface area contributed by atoms with Crippen LogP contribution in [0.1, 0.15) is 31.2 Å². The Morgan fingerprint density at radius 3 is 2.76 bits per heavy atom. The minimum absolute atomic E-state index is 0. The number of rotatable bonds is 7. The molecule has 2 N–H and O–H groups in total. The molecule has 0 aromatic heterocycles. The van der Waals surface area contributed by atoms with Gasteiger partial charge in [-0.15, -0.1) is 12.4 Å². The summed E-state index contributed by atoms with van der Waals surface area (Å²) in [6.45, 7) is 4.45. The molecule has 0 aliphatic carbocycles. The molecule has 1 heterocycles. The lowest BCUT2D eigenvalue weighted by Crippen LogP contribution is -2.40. The molecular formula is C16H25ClN2O2. The van der Waals surface area contributed by atoms with Crippen molar-refractivity contribution in [2.75, 3.05) is 19.7 Å². The molecule has 1 aliphatic heterocycles. The van der Waals surface area contributed by atoms with Gasteiger partial charge in [-0.2, -0.15) is 0 Å². The minimum atomic E-state index is 0. The van der Waals surface area contributed by atoms with E-state index in [2.05, 4.69) is 17.6 Å². The molecule has 1 aromatic rings. The van der Waals surface area contributed by atoms with Gasteiger partial charge in [-0.05, 0) is 51.3 Å². The third kappa shape index (κ3) is 6.36. The number of benzene rings is 1. The van der Waals surface area contributed by atoms with Crippen LogP contribution in [0.2, 0.25) is 0 Å². The van der Waals surface area contributed by atoms with Gasteiger partial charge in [0.15, 0.2) is 0 Å². The van der Waals surface area contributed by atoms with Crippen LogP contribution in [0.4, 0.5) is 0 Å². The van der Waals surface area contributed by atoms with Gasteiger partial charge in [-0.3, -0.25) is 4.79 Å². The molecule has 1 aliphatic rings. The van der Waals surface area contributed by atoms with Gasteiger partial charge in [0.25, 0.3) is 0 Å². The zero-order valence-electron chi connectivity index (χ0n) is 12.6. The number of unbranched alkanes of at least 4 members (excludes halogenated alkanes) is 1. The molecule has 0 radical (unpaired) electrons. The Morgan fingerprint density at radius 2 is 2.10 bits per heavy atom. The summed E-state index contributed by atoms with van der Waals surface area (Å²) in [5, 5.41) is 6.17. The molecule has 5 heteroatoms. The Hall–Kier alpha value is -1.26. The van der Waals surface area contributed by atoms with Gasteiger partial charge < -0.3 is 15.4 Å². The number of hydrogen-bond donors (Lipinski definition) is 2. The highest BCUT2D eigenvalue weighted by molar-refractivity contribution is 5.85. The summed E-state index contributed by atoms with van der Waals surface area (Å²) in [5.74, 6) is 1.05. The van der Waals surface area contributed by atoms with Crippen LogP contribution in [0.25, 0.3) is 0 Å². The summed E-state index contributed by atoms with van der Waals surface area (Å²) in [6, 6.07) is 8.10. The first-order valence-electron chi connectivity index (χ1n) is 7.46. The monoisotopic (exact) mass is 312 g/mol. The van der Waals surface area contributed by atoms with E-state index in [1.165, 1.54) is 5.56 Å². The quantitative estimate of drug-likeness (QED) is 0.760. The second kappa shape index (κ2) is 9.64. The van der Waals surface area contributed by atoms with E-state index in [1.54, 1.807) is 0 Å². The van der Waals surface area contributed by atoms with Gasteiger partial charge in [0.05, 0.1) is 12.6 Å². The zero-order valence-corrected chi connectivity index (χ0v) is 13.4. The molecule has 1 amide bonds. The zero-order chi connectivity index (χ0) is 14.2. The average molecular weight is 313 g/mol. The lowest BCUT2D eigenvalue weighted by molar-refractivity contribution is -0.122. The van der Waals surface area contributed by atoms with Crippen molar-refractivity contribution in [3.8, 4) is 5.75 Å². The molecule has 0 bridgehead atoms. The molecule has 1 atom stereocenters. The molecular weight excluding hydrogens is 288 g/mol. The van der Waals surface area contributed by atoms with Gasteiger partial charge in [-0.1, -0.05) is 17.7 Å². The van der Waals surface area contributed by atoms with Gasteiger partial charge in [0.1, 0.15) is 5.75 Å². The van der Waals surface area contributed by atoms with Crippen molar-refractivity contribution in [2.45, 2.75) is 38.6 Å². The Bertz CT molecular complexity index is 417. The topological polar surface area (TPSA) is 50.4 Å². The Morgan fingerprint density at radius 1 is 1.33 bits per heavy atom. The van der Waals surface area contributed by atoms with E-state index < -0.39 is 0 Å². The fraction of sp³-hybridized carbons (Fsp3) is 0.562. The number of halogens is 1. The fourth-order valence-electron chi connectivity index (χ4n) is 2.29. The van der Waals surface area contributed by atoms with Crippen molar-refractivity contribution >= 4 is 18.3 Å². The van der Waals surface area contributed by atoms with E-state index >= 15 is 0 Å². The van der Waals surface area contributed by atoms with Crippen LogP contribution in [0.15, 0.2) is 24.3 Å². The van der Waals surface area contributed by atoms with E-state index in [0.29, 0.717) is 6.61 Å². The first-order chi connectivity index (χ1) is 9.75. The lowest BCUT2D eigenvalue weighted by atomic mass is 10.2. The van der Waals surface area contributed by atoms with Crippen molar-refractivity contribution < 1.29 is 9.53 Å². The van der Waals surface area contributed by atoms with E-state index in [0.717, 1.165) is 44.5 Å². The molecule has 118 valence electrons. The number of nitrogens with one attached hydrogen (secondary N) is 2. The van der Waals surface area contributed by atoms with Gasteiger partial charge >= 0.3 is 0 Å². The first-order valence-corrected chi connectivity index (χ1v) is 7.46. The maximum atomic E-state index is 11.7. The second-order valence-corrected chi connectivity index (χ2v) is 5.31. The summed E-state index contributed by atoms with van der Waals surface area (Å²) in [7, 11) is 0. The second-order valence-electron chi connectivity index (χ2n) is 5.31. The van der Waals surface area contributed by atoms with E-state index in [4.69, 9.17) is 4.74 Å². The largest absolute Gasteiger partial charge is 0.494 e. The summed E-state index contributed by atoms with van der Waals surface area (Å²) in [5.41, 5.74) is 1.24. The van der Waals surface area contributed by atoms with Crippen molar-refractivity contribution in [2.24, 2.45) is 0 Å². The van der Waals surface area contributed by atoms with Crippen LogP contribution in [0.5, 0.6) is 5.75 Å². The molecule has 4 nitrogen and oxygen atoms in total. The number of aryl methyl sites for hydroxylation is 1. The third-order valence-corrected chi connectivity index (χ3v) is 3.54. The molecule has 0 spiro atoms. The molecule has 21 heavy (non-hydrogen) atoms. The maximum absolute atomic E-state index is 11.7. The van der Waals surface area contributed by atoms with Crippen molar-refractivity contribution in [1.29, 1.82) is 0 Å². The van der Waals surface area contributed by atoms with Crippen molar-refractivity contribution in [3.63, 3.8) is 0 Å². The predicted molar refractivity (Wildman–Crippen MR) is 87.2 cm³/mol. The SMILES string of the molecule is Cc1ccc(OCCCCNC(=O)C2CCCN2)cc1.Cl. The summed E-state index contributed by atoms with van der Waals surface area (Å²) >= 11 is 0. The number of hydrogen-bond acceptors (Lipinski definition) is 3. The van der Waals surface area contributed by atoms with E-state index in [-0.39, 0.29) is 24.4 Å². The van der Waals surface area contributed by atoms with Crippen LogP contribution >= 0.6 is 12.4 Å². The standard InChI is InChI=1S/C16H24N2O2.ClH/c1-13-6-8-14(9-7-13)20-12-3-2-10-18-16(19)15-5-4-11-17-15;/h6-9,15,17H,2-5,10-12H2,1H3,(H,18,19);1H. The summed E-state index contributed by atoms with van der Waals surface area (Å²) in [6.07, 6.45) is 3.96. The molecule has 2 rings (SSSR count). The van der Waals surface area contributed by atoms with Crippen LogP contribution in [0, 0.1) is 6.92 Å². The summed E-state index contributed by atoms with van der Waals surface area (Å²) < 4.78 is 5.64. The molecule has 1 unspecified atom stereocenters. The van der Waals surface area contributed by atoms with Crippen LogP contribution < -0.4 is 15.4 Å². The average Bonchev–Trinajstić information content (AvgIpc) is 2.98. The third-order valence-electron chi connectivity index (χ3n) is 3.54. The van der Waals surface area contributed by atoms with E-state index in [1.807, 2.05) is 24.3 Å². The lowest BCUT2D eigenvalue weighted by Gasteiger charge is -2.11. The van der Waals surface area contributed by atoms with Gasteiger partial charge in [-0.25, -0.2) is 0 Å². The maximum Gasteiger partial charge on any atom is 0.237 e. The first kappa shape index (κ1) is 17.8. The van der Waals surface area contributed by atoms with Crippen molar-refractivity contribution in [3.05, 3.63) is 29.8 Å². The minimum Gasteiger partial charge on any atom is -0.494 e. The number of carbonyl (C=O) groups excluding carboxylic acids is 1. The smallest absolute Gasteiger partial charge is 0.237 e. The number of carbonyl (C=O) groups is 1. The van der Waals surface area contributed by atoms with Crippen LogP contribution in [-0.2, 0) is 4.79 Å². The fourth-order valence-corrected chi connectivity index (χ4v) is 2.29. The molecule has 0 saturated carbocycles. The van der Waals surface area contributed by atoms with Crippen LogP contribution in [-0.4, -0.2) is 31.6 Å². The van der Waals surface area contributed by atoms with Crippen molar-refractivity contribution in [1.82, 2.24) is 10.6 Å². The molecule has 1 aromatic carbocycles. The van der Waals surface area contributed by atoms with Crippen LogP contribution in [0.3, 0.4) is 0 Å². The molecule has 1 saturated heterocycles. The summed E-state index contributed by atoms with van der Waals surface area (Å²) in [4.78, 5) is 11.7. The Balaban J connectivity index is 0.00000220. The highest BCUT2D eigenvalue weighted by Crippen LogP contribution is 2.11. The molecule has 1 fully saturated rings. The highest BCUT2D eigenvalue weighted by atomic mass is 35.5. The predicted octanol–water partition coefficient (Wildman–Crippen LogP) is 2.44. The number of amides is 1. The number of ether oxygens (including phenoxy) is 1. The Kier molecular flexibility index (Phi) is 8.16. The van der Waals surface area contributed by atoms with E-state index in [9.17, 15) is 4.79 Å². The van der Waals surface area contributed by atoms with Gasteiger partial charge in [0.2, 0.25) is 5.91 Å². The Labute approximate surface area is 133 Å².